The Bertz CT molecular complexity index is 861. The zero-order valence-electron chi connectivity index (χ0n) is 14.6. The van der Waals surface area contributed by atoms with Crippen LogP contribution >= 0.6 is 11.8 Å². The van der Waals surface area contributed by atoms with Crippen molar-refractivity contribution in [2.75, 3.05) is 5.75 Å². The molecule has 0 aliphatic heterocycles. The highest BCUT2D eigenvalue weighted by Gasteiger charge is 2.33. The lowest BCUT2D eigenvalue weighted by atomic mass is 10.2. The van der Waals surface area contributed by atoms with Gasteiger partial charge in [-0.1, -0.05) is 11.8 Å². The molecule has 146 valence electrons. The van der Waals surface area contributed by atoms with Crippen molar-refractivity contribution >= 4 is 23.8 Å². The van der Waals surface area contributed by atoms with Crippen molar-refractivity contribution in [1.29, 1.82) is 0 Å². The molecule has 0 spiro atoms. The van der Waals surface area contributed by atoms with E-state index < -0.39 is 29.5 Å². The summed E-state index contributed by atoms with van der Waals surface area (Å²) in [6.45, 7) is 4.87. The van der Waals surface area contributed by atoms with Crippen LogP contribution in [0.1, 0.15) is 26.5 Å². The topological polar surface area (TPSA) is 113 Å². The normalized spacial score (nSPS) is 12.1. The van der Waals surface area contributed by atoms with Crippen LogP contribution in [0.4, 0.5) is 18.0 Å². The van der Waals surface area contributed by atoms with Gasteiger partial charge in [-0.3, -0.25) is 9.78 Å². The lowest BCUT2D eigenvalue weighted by molar-refractivity contribution is -0.141. The zero-order chi connectivity index (χ0) is 20.4. The van der Waals surface area contributed by atoms with E-state index in [0.717, 1.165) is 28.6 Å². The fourth-order valence-corrected chi connectivity index (χ4v) is 2.54. The molecule has 0 saturated carbocycles. The third kappa shape index (κ3) is 5.42. The van der Waals surface area contributed by atoms with E-state index in [1.54, 1.807) is 20.8 Å². The van der Waals surface area contributed by atoms with Crippen LogP contribution in [0, 0.1) is 0 Å². The molecule has 8 nitrogen and oxygen atoms in total. The summed E-state index contributed by atoms with van der Waals surface area (Å²) in [5.74, 6) is -1.04. The van der Waals surface area contributed by atoms with E-state index in [0.29, 0.717) is 0 Å². The number of halogens is 3. The summed E-state index contributed by atoms with van der Waals surface area (Å²) in [6, 6.07) is 2.00. The Morgan fingerprint density at radius 2 is 1.93 bits per heavy atom. The van der Waals surface area contributed by atoms with Gasteiger partial charge in [0.15, 0.2) is 5.82 Å². The molecule has 0 radical (unpaired) electrons. The summed E-state index contributed by atoms with van der Waals surface area (Å²) in [6.07, 6.45) is -4.63. The summed E-state index contributed by atoms with van der Waals surface area (Å²) in [4.78, 5) is 26.8. The highest BCUT2D eigenvalue weighted by Crippen LogP contribution is 2.31. The molecule has 2 rings (SSSR count). The number of ether oxygens (including phenoxy) is 1. The van der Waals surface area contributed by atoms with Crippen LogP contribution in [0.25, 0.3) is 11.4 Å². The van der Waals surface area contributed by atoms with Gasteiger partial charge in [-0.2, -0.15) is 13.2 Å². The summed E-state index contributed by atoms with van der Waals surface area (Å²) in [5.41, 5.74) is 3.02. The van der Waals surface area contributed by atoms with Gasteiger partial charge in [0.1, 0.15) is 11.3 Å². The van der Waals surface area contributed by atoms with Crippen molar-refractivity contribution in [3.8, 4) is 11.4 Å². The second-order valence-corrected chi connectivity index (χ2v) is 7.25. The molecule has 0 atom stereocenters. The van der Waals surface area contributed by atoms with Crippen LogP contribution in [0.2, 0.25) is 0 Å². The molecule has 12 heteroatoms. The lowest BCUT2D eigenvalue weighted by Crippen LogP contribution is -2.28. The van der Waals surface area contributed by atoms with Crippen LogP contribution in [0.3, 0.4) is 0 Å². The zero-order valence-corrected chi connectivity index (χ0v) is 15.4. The second kappa shape index (κ2) is 7.55. The molecular formula is C15H16F3N5O3S. The maximum atomic E-state index is 12.9. The highest BCUT2D eigenvalue weighted by atomic mass is 32.2. The average molecular weight is 403 g/mol. The van der Waals surface area contributed by atoms with Crippen LogP contribution in [0.15, 0.2) is 23.5 Å². The number of pyridine rings is 1. The smallest absolute Gasteiger partial charge is 0.433 e. The molecular weight excluding hydrogens is 387 g/mol. The molecule has 0 unspecified atom stereocenters. The third-order valence-electron chi connectivity index (χ3n) is 2.86. The Hall–Kier alpha value is -2.63. The van der Waals surface area contributed by atoms with Crippen LogP contribution in [0.5, 0.6) is 0 Å². The molecule has 0 aliphatic carbocycles. The molecule has 2 aromatic heterocycles. The standard InChI is InChI=1S/C15H16F3N5O3S/c1-14(2,3)26-13(25)23-11(21-22-12(23)27-7-10(19)24)8-4-5-20-9(6-8)15(16,17)18/h4-6H,7H2,1-3H3,(H2,19,24). The second-order valence-electron chi connectivity index (χ2n) is 6.30. The fraction of sp³-hybridized carbons (Fsp3) is 0.400. The number of aromatic nitrogens is 4. The maximum absolute atomic E-state index is 12.9. The van der Waals surface area contributed by atoms with Crippen LogP contribution in [-0.2, 0) is 15.7 Å². The minimum Gasteiger partial charge on any atom is -0.443 e. The predicted molar refractivity (Wildman–Crippen MR) is 89.8 cm³/mol. The first-order valence-corrected chi connectivity index (χ1v) is 8.50. The van der Waals surface area contributed by atoms with E-state index in [2.05, 4.69) is 15.2 Å². The van der Waals surface area contributed by atoms with Gasteiger partial charge >= 0.3 is 12.3 Å². The van der Waals surface area contributed by atoms with Crippen molar-refractivity contribution in [3.63, 3.8) is 0 Å². The third-order valence-corrected chi connectivity index (χ3v) is 3.81. The summed E-state index contributed by atoms with van der Waals surface area (Å²) in [7, 11) is 0. The van der Waals surface area contributed by atoms with Crippen LogP contribution < -0.4 is 5.73 Å². The van der Waals surface area contributed by atoms with Crippen molar-refractivity contribution in [1.82, 2.24) is 19.7 Å². The van der Waals surface area contributed by atoms with E-state index in [1.165, 1.54) is 6.07 Å². The number of thioether (sulfide) groups is 1. The van der Waals surface area contributed by atoms with Crippen molar-refractivity contribution in [2.24, 2.45) is 5.73 Å². The van der Waals surface area contributed by atoms with Gasteiger partial charge in [0.25, 0.3) is 0 Å². The molecule has 0 saturated heterocycles. The molecule has 27 heavy (non-hydrogen) atoms. The lowest BCUT2D eigenvalue weighted by Gasteiger charge is -2.20. The molecule has 2 aromatic rings. The largest absolute Gasteiger partial charge is 0.443 e. The minimum atomic E-state index is -4.67. The average Bonchev–Trinajstić information content (AvgIpc) is 2.94. The van der Waals surface area contributed by atoms with E-state index in [9.17, 15) is 22.8 Å². The quantitative estimate of drug-likeness (QED) is 0.781. The van der Waals surface area contributed by atoms with Gasteiger partial charge < -0.3 is 10.5 Å². The summed E-state index contributed by atoms with van der Waals surface area (Å²) in [5, 5.41) is 7.52. The Balaban J connectivity index is 2.53. The molecule has 1 amide bonds. The number of primary amides is 1. The number of rotatable bonds is 4. The fourth-order valence-electron chi connectivity index (χ4n) is 1.88. The van der Waals surface area contributed by atoms with E-state index in [4.69, 9.17) is 10.5 Å². The summed E-state index contributed by atoms with van der Waals surface area (Å²) < 4.78 is 44.9. The first-order chi connectivity index (χ1) is 12.4. The van der Waals surface area contributed by atoms with E-state index in [1.807, 2.05) is 0 Å². The molecule has 2 heterocycles. The van der Waals surface area contributed by atoms with Crippen LogP contribution in [-0.4, -0.2) is 43.1 Å². The molecule has 0 aliphatic rings. The predicted octanol–water partition coefficient (Wildman–Crippen LogP) is 2.72. The SMILES string of the molecule is CC(C)(C)OC(=O)n1c(SCC(N)=O)nnc1-c1ccnc(C(F)(F)F)c1. The Morgan fingerprint density at radius 3 is 2.48 bits per heavy atom. The first kappa shape index (κ1) is 20.7. The summed E-state index contributed by atoms with van der Waals surface area (Å²) >= 11 is 0.811. The van der Waals surface area contributed by atoms with Crippen molar-refractivity contribution in [3.05, 3.63) is 24.0 Å². The monoisotopic (exact) mass is 403 g/mol. The number of hydrogen-bond acceptors (Lipinski definition) is 7. The number of amides is 1. The van der Waals surface area contributed by atoms with Gasteiger partial charge in [-0.05, 0) is 32.9 Å². The number of nitrogens with two attached hydrogens (primary N) is 1. The number of carbonyl (C=O) groups is 2. The Labute approximate surface area is 156 Å². The Kier molecular flexibility index (Phi) is 5.78. The number of nitrogens with zero attached hydrogens (tertiary/aromatic N) is 4. The minimum absolute atomic E-state index is 0.0385. The first-order valence-electron chi connectivity index (χ1n) is 7.52. The van der Waals surface area contributed by atoms with Gasteiger partial charge in [0, 0.05) is 11.8 Å². The molecule has 2 N–H and O–H groups in total. The van der Waals surface area contributed by atoms with Gasteiger partial charge in [0.2, 0.25) is 11.1 Å². The van der Waals surface area contributed by atoms with Gasteiger partial charge in [0.05, 0.1) is 5.75 Å². The number of alkyl halides is 3. The maximum Gasteiger partial charge on any atom is 0.433 e. The van der Waals surface area contributed by atoms with E-state index in [-0.39, 0.29) is 22.3 Å². The van der Waals surface area contributed by atoms with E-state index >= 15 is 0 Å². The molecule has 0 fully saturated rings. The van der Waals surface area contributed by atoms with Gasteiger partial charge in [-0.25, -0.2) is 9.36 Å². The van der Waals surface area contributed by atoms with Crippen molar-refractivity contribution in [2.45, 2.75) is 37.7 Å². The Morgan fingerprint density at radius 1 is 1.26 bits per heavy atom. The molecule has 0 bridgehead atoms. The molecule has 0 aromatic carbocycles. The number of hydrogen-bond donors (Lipinski definition) is 1. The number of carbonyl (C=O) groups excluding carboxylic acids is 2. The highest BCUT2D eigenvalue weighted by molar-refractivity contribution is 7.99. The van der Waals surface area contributed by atoms with Crippen molar-refractivity contribution < 1.29 is 27.5 Å². The van der Waals surface area contributed by atoms with Gasteiger partial charge in [-0.15, -0.1) is 10.2 Å².